The van der Waals surface area contributed by atoms with E-state index in [1.54, 1.807) is 0 Å². The van der Waals surface area contributed by atoms with Crippen LogP contribution >= 0.6 is 0 Å². The van der Waals surface area contributed by atoms with Gasteiger partial charge in [-0.3, -0.25) is 0 Å². The van der Waals surface area contributed by atoms with Crippen molar-refractivity contribution in [2.75, 3.05) is 39.8 Å². The van der Waals surface area contributed by atoms with Crippen LogP contribution in [-0.2, 0) is 10.2 Å². The Balaban J connectivity index is 2.26. The first-order valence-corrected chi connectivity index (χ1v) is 9.36. The molecule has 1 fully saturated rings. The van der Waals surface area contributed by atoms with Crippen molar-refractivity contribution in [2.24, 2.45) is 5.92 Å². The third-order valence-corrected chi connectivity index (χ3v) is 5.76. The molecule has 7 heteroatoms. The van der Waals surface area contributed by atoms with E-state index in [1.807, 2.05) is 0 Å². The Bertz CT molecular complexity index is 387. The average Bonchev–Trinajstić information content (AvgIpc) is 2.46. The molecule has 0 saturated carbocycles. The van der Waals surface area contributed by atoms with Gasteiger partial charge in [-0.15, -0.1) is 0 Å². The normalized spacial score (nSPS) is 21.3. The van der Waals surface area contributed by atoms with Gasteiger partial charge in [0, 0.05) is 32.3 Å². The molecule has 2 N–H and O–H groups in total. The molecule has 0 amide bonds. The van der Waals surface area contributed by atoms with E-state index in [1.165, 1.54) is 4.31 Å². The fraction of sp³-hybridized carbons (Fsp3) is 1.00. The Kier molecular flexibility index (Phi) is 8.12. The number of unbranched alkanes of at least 4 members (excludes halogenated alkanes) is 1. The first-order valence-electron chi connectivity index (χ1n) is 7.92. The molecular weight excluding hydrogens is 290 g/mol. The molecule has 1 unspecified atom stereocenters. The van der Waals surface area contributed by atoms with Gasteiger partial charge in [-0.25, -0.2) is 4.72 Å². The second-order valence-electron chi connectivity index (χ2n) is 6.23. The monoisotopic (exact) mass is 321 g/mol. The molecular formula is C14H31N3O3S. The molecule has 0 radical (unpaired) electrons. The third kappa shape index (κ3) is 6.61. The Morgan fingerprint density at radius 1 is 1.38 bits per heavy atom. The summed E-state index contributed by atoms with van der Waals surface area (Å²) in [5, 5.41) is 9.17. The van der Waals surface area contributed by atoms with Gasteiger partial charge in [0.25, 0.3) is 10.2 Å². The van der Waals surface area contributed by atoms with Crippen molar-refractivity contribution in [2.45, 2.75) is 45.6 Å². The molecule has 0 aromatic carbocycles. The topological polar surface area (TPSA) is 72.9 Å². The molecule has 1 heterocycles. The number of rotatable bonds is 9. The number of piperidine rings is 1. The summed E-state index contributed by atoms with van der Waals surface area (Å²) in [7, 11) is -1.30. The van der Waals surface area contributed by atoms with E-state index < -0.39 is 10.2 Å². The minimum Gasteiger partial charge on any atom is -0.396 e. The summed E-state index contributed by atoms with van der Waals surface area (Å²) in [5.41, 5.74) is 0. The average molecular weight is 321 g/mol. The zero-order chi connectivity index (χ0) is 15.9. The predicted molar refractivity (Wildman–Crippen MR) is 85.3 cm³/mol. The molecule has 126 valence electrons. The molecule has 6 nitrogen and oxygen atoms in total. The lowest BCUT2D eigenvalue weighted by Crippen LogP contribution is -2.46. The van der Waals surface area contributed by atoms with Crippen LogP contribution in [0.5, 0.6) is 0 Å². The lowest BCUT2D eigenvalue weighted by atomic mass is 10.0. The first kappa shape index (κ1) is 18.8. The maximum absolute atomic E-state index is 12.2. The molecule has 0 bridgehead atoms. The summed E-state index contributed by atoms with van der Waals surface area (Å²) in [6.07, 6.45) is 3.55. The van der Waals surface area contributed by atoms with Crippen molar-refractivity contribution in [1.29, 1.82) is 0 Å². The largest absolute Gasteiger partial charge is 0.396 e. The molecule has 0 aromatic heterocycles. The molecule has 21 heavy (non-hydrogen) atoms. The first-order chi connectivity index (χ1) is 9.86. The van der Waals surface area contributed by atoms with Crippen molar-refractivity contribution in [1.82, 2.24) is 13.9 Å². The van der Waals surface area contributed by atoms with E-state index in [0.29, 0.717) is 25.7 Å². The van der Waals surface area contributed by atoms with E-state index in [4.69, 9.17) is 0 Å². The summed E-state index contributed by atoms with van der Waals surface area (Å²) in [5.74, 6) is 0.0787. The zero-order valence-corrected chi connectivity index (χ0v) is 14.4. The van der Waals surface area contributed by atoms with Gasteiger partial charge >= 0.3 is 0 Å². The fourth-order valence-electron chi connectivity index (χ4n) is 2.43. The Morgan fingerprint density at radius 3 is 2.71 bits per heavy atom. The second-order valence-corrected chi connectivity index (χ2v) is 7.98. The van der Waals surface area contributed by atoms with E-state index >= 15 is 0 Å². The van der Waals surface area contributed by atoms with Gasteiger partial charge in [-0.1, -0.05) is 0 Å². The van der Waals surface area contributed by atoms with Crippen molar-refractivity contribution >= 4 is 10.2 Å². The van der Waals surface area contributed by atoms with Crippen LogP contribution < -0.4 is 4.72 Å². The summed E-state index contributed by atoms with van der Waals surface area (Å²) in [4.78, 5) is 2.25. The summed E-state index contributed by atoms with van der Waals surface area (Å²) in [6.45, 7) is 6.81. The van der Waals surface area contributed by atoms with E-state index in [0.717, 1.165) is 32.2 Å². The maximum atomic E-state index is 12.2. The summed E-state index contributed by atoms with van der Waals surface area (Å²) < 4.78 is 28.5. The lowest BCUT2D eigenvalue weighted by molar-refractivity contribution is 0.164. The lowest BCUT2D eigenvalue weighted by Gasteiger charge is -2.30. The van der Waals surface area contributed by atoms with Crippen molar-refractivity contribution in [3.63, 3.8) is 0 Å². The van der Waals surface area contributed by atoms with Gasteiger partial charge < -0.3 is 10.0 Å². The van der Waals surface area contributed by atoms with Crippen LogP contribution in [0.15, 0.2) is 0 Å². The Labute approximate surface area is 129 Å². The quantitative estimate of drug-likeness (QED) is 0.612. The van der Waals surface area contributed by atoms with Crippen LogP contribution in [0.3, 0.4) is 0 Å². The second kappa shape index (κ2) is 9.05. The highest BCUT2D eigenvalue weighted by Crippen LogP contribution is 2.17. The van der Waals surface area contributed by atoms with Crippen LogP contribution in [0, 0.1) is 5.92 Å². The van der Waals surface area contributed by atoms with E-state index in [2.05, 4.69) is 30.5 Å². The standard InChI is InChI=1S/C14H31N3O3S/c1-13(2)16(3)9-5-4-8-15-21(19,20)17-10-6-7-14(11-17)12-18/h13-15,18H,4-12H2,1-3H3. The summed E-state index contributed by atoms with van der Waals surface area (Å²) in [6, 6.07) is 0.519. The number of aliphatic hydroxyl groups excluding tert-OH is 1. The number of nitrogens with zero attached hydrogens (tertiary/aromatic N) is 2. The van der Waals surface area contributed by atoms with Crippen molar-refractivity contribution in [3.8, 4) is 0 Å². The highest BCUT2D eigenvalue weighted by molar-refractivity contribution is 7.87. The number of hydrogen-bond donors (Lipinski definition) is 2. The zero-order valence-electron chi connectivity index (χ0n) is 13.6. The SMILES string of the molecule is CC(C)N(C)CCCCNS(=O)(=O)N1CCCC(CO)C1. The predicted octanol–water partition coefficient (Wildman–Crippen LogP) is 0.646. The highest BCUT2D eigenvalue weighted by atomic mass is 32.2. The fourth-order valence-corrected chi connectivity index (χ4v) is 3.79. The van der Waals surface area contributed by atoms with Crippen LogP contribution in [0.1, 0.15) is 39.5 Å². The van der Waals surface area contributed by atoms with Crippen LogP contribution in [-0.4, -0.2) is 68.6 Å². The highest BCUT2D eigenvalue weighted by Gasteiger charge is 2.27. The number of nitrogens with one attached hydrogen (secondary N) is 1. The maximum Gasteiger partial charge on any atom is 0.279 e. The van der Waals surface area contributed by atoms with Gasteiger partial charge in [0.2, 0.25) is 0 Å². The van der Waals surface area contributed by atoms with Gasteiger partial charge in [-0.05, 0) is 59.0 Å². The van der Waals surface area contributed by atoms with Gasteiger partial charge in [-0.2, -0.15) is 12.7 Å². The summed E-state index contributed by atoms with van der Waals surface area (Å²) >= 11 is 0. The van der Waals surface area contributed by atoms with Crippen molar-refractivity contribution < 1.29 is 13.5 Å². The van der Waals surface area contributed by atoms with Crippen LogP contribution in [0.2, 0.25) is 0 Å². The molecule has 1 atom stereocenters. The number of hydrogen-bond acceptors (Lipinski definition) is 4. The molecule has 1 saturated heterocycles. The van der Waals surface area contributed by atoms with Gasteiger partial charge in [0.05, 0.1) is 0 Å². The molecule has 0 aromatic rings. The Hall–Kier alpha value is -0.210. The van der Waals surface area contributed by atoms with Crippen LogP contribution in [0.25, 0.3) is 0 Å². The van der Waals surface area contributed by atoms with Crippen molar-refractivity contribution in [3.05, 3.63) is 0 Å². The van der Waals surface area contributed by atoms with Gasteiger partial charge in [0.1, 0.15) is 0 Å². The molecule has 1 aliphatic rings. The number of aliphatic hydroxyl groups is 1. The third-order valence-electron chi connectivity index (χ3n) is 4.18. The molecule has 0 spiro atoms. The van der Waals surface area contributed by atoms with Gasteiger partial charge in [0.15, 0.2) is 0 Å². The van der Waals surface area contributed by atoms with E-state index in [9.17, 15) is 13.5 Å². The van der Waals surface area contributed by atoms with Crippen LogP contribution in [0.4, 0.5) is 0 Å². The van der Waals surface area contributed by atoms with E-state index in [-0.39, 0.29) is 12.5 Å². The molecule has 1 aliphatic heterocycles. The molecule has 0 aliphatic carbocycles. The minimum atomic E-state index is -3.38. The Morgan fingerprint density at radius 2 is 2.10 bits per heavy atom. The smallest absolute Gasteiger partial charge is 0.279 e. The minimum absolute atomic E-state index is 0.0631. The molecule has 1 rings (SSSR count).